The molecule has 6 heteroatoms. The van der Waals surface area contributed by atoms with Crippen molar-refractivity contribution in [2.75, 3.05) is 17.6 Å². The highest BCUT2D eigenvalue weighted by Gasteiger charge is 2.30. The van der Waals surface area contributed by atoms with Gasteiger partial charge in [-0.1, -0.05) is 0 Å². The number of nitrogens with zero attached hydrogens (tertiary/aromatic N) is 2. The predicted molar refractivity (Wildman–Crippen MR) is 72.8 cm³/mol. The lowest BCUT2D eigenvalue weighted by atomic mass is 10.2. The first-order chi connectivity index (χ1) is 8.34. The molecule has 0 unspecified atom stereocenters. The molecule has 0 aliphatic heterocycles. The van der Waals surface area contributed by atoms with Gasteiger partial charge in [0.2, 0.25) is 0 Å². The van der Waals surface area contributed by atoms with Crippen molar-refractivity contribution in [1.29, 1.82) is 0 Å². The third kappa shape index (κ3) is 2.42. The van der Waals surface area contributed by atoms with E-state index in [-0.39, 0.29) is 0 Å². The number of thiazole rings is 1. The smallest absolute Gasteiger partial charge is 0.142 e. The van der Waals surface area contributed by atoms with Crippen LogP contribution in [0.2, 0.25) is 0 Å². The largest absolute Gasteiger partial charge is 0.383 e. The van der Waals surface area contributed by atoms with E-state index in [4.69, 9.17) is 5.73 Å². The van der Waals surface area contributed by atoms with Gasteiger partial charge in [-0.25, -0.2) is 4.98 Å². The van der Waals surface area contributed by atoms with Gasteiger partial charge >= 0.3 is 0 Å². The summed E-state index contributed by atoms with van der Waals surface area (Å²) in [6, 6.07) is 0. The summed E-state index contributed by atoms with van der Waals surface area (Å²) in [5.41, 5.74) is 10.2. The Labute approximate surface area is 108 Å². The molecular formula is C11H14N4S2. The van der Waals surface area contributed by atoms with Gasteiger partial charge in [0.1, 0.15) is 10.8 Å². The fourth-order valence-corrected chi connectivity index (χ4v) is 3.29. The molecule has 1 aliphatic carbocycles. The summed E-state index contributed by atoms with van der Waals surface area (Å²) in [6.07, 6.45) is 3.46. The number of nitrogen functional groups attached to an aromatic ring is 1. The van der Waals surface area contributed by atoms with Crippen LogP contribution in [0.4, 0.5) is 10.8 Å². The number of aromatic nitrogens is 2. The summed E-state index contributed by atoms with van der Waals surface area (Å²) < 4.78 is 4.24. The third-order valence-corrected chi connectivity index (χ3v) is 4.36. The fourth-order valence-electron chi connectivity index (χ4n) is 1.87. The van der Waals surface area contributed by atoms with Crippen LogP contribution in [0.3, 0.4) is 0 Å². The summed E-state index contributed by atoms with van der Waals surface area (Å²) in [5, 5.41) is 6.68. The third-order valence-electron chi connectivity index (χ3n) is 2.89. The van der Waals surface area contributed by atoms with Gasteiger partial charge < -0.3 is 11.1 Å². The van der Waals surface area contributed by atoms with Gasteiger partial charge in [-0.3, -0.25) is 0 Å². The number of rotatable bonds is 5. The van der Waals surface area contributed by atoms with E-state index in [1.54, 1.807) is 11.3 Å². The normalized spacial score (nSPS) is 15.1. The lowest BCUT2D eigenvalue weighted by Crippen LogP contribution is -2.05. The number of nitrogens with two attached hydrogens (primary N) is 1. The fraction of sp³-hybridized carbons (Fsp3) is 0.455. The Bertz CT molecular complexity index is 488. The zero-order valence-electron chi connectivity index (χ0n) is 9.35. The van der Waals surface area contributed by atoms with Crippen molar-refractivity contribution in [3.8, 4) is 0 Å². The van der Waals surface area contributed by atoms with Crippen LogP contribution in [0.1, 0.15) is 30.0 Å². The first-order valence-electron chi connectivity index (χ1n) is 5.70. The molecule has 1 saturated carbocycles. The van der Waals surface area contributed by atoms with Crippen LogP contribution in [0.25, 0.3) is 0 Å². The van der Waals surface area contributed by atoms with Gasteiger partial charge in [-0.05, 0) is 30.3 Å². The standard InChI is InChI=1S/C11H14N4S2/c12-10-9(7-1-2-7)11(17-15-10)13-4-3-8-5-16-6-14-8/h5-7,13H,1-4H2,(H2,12,15). The van der Waals surface area contributed by atoms with Crippen LogP contribution in [-0.2, 0) is 6.42 Å². The van der Waals surface area contributed by atoms with Crippen LogP contribution in [0.5, 0.6) is 0 Å². The highest BCUT2D eigenvalue weighted by Crippen LogP contribution is 2.47. The Balaban J connectivity index is 1.61. The average Bonchev–Trinajstić information content (AvgIpc) is 2.88. The highest BCUT2D eigenvalue weighted by atomic mass is 32.1. The molecule has 3 rings (SSSR count). The second-order valence-electron chi connectivity index (χ2n) is 4.24. The molecule has 1 aliphatic rings. The average molecular weight is 266 g/mol. The quantitative estimate of drug-likeness (QED) is 0.873. The molecule has 0 aromatic carbocycles. The van der Waals surface area contributed by atoms with Gasteiger partial charge in [-0.15, -0.1) is 11.3 Å². The summed E-state index contributed by atoms with van der Waals surface area (Å²) in [4.78, 5) is 4.26. The van der Waals surface area contributed by atoms with Crippen molar-refractivity contribution < 1.29 is 0 Å². The molecule has 2 aromatic heterocycles. The molecule has 2 heterocycles. The second kappa shape index (κ2) is 4.62. The van der Waals surface area contributed by atoms with Crippen LogP contribution < -0.4 is 11.1 Å². The zero-order chi connectivity index (χ0) is 11.7. The molecule has 0 saturated heterocycles. The molecule has 0 bridgehead atoms. The van der Waals surface area contributed by atoms with E-state index in [1.807, 2.05) is 5.51 Å². The van der Waals surface area contributed by atoms with E-state index in [0.717, 1.165) is 23.7 Å². The topological polar surface area (TPSA) is 63.8 Å². The molecule has 4 nitrogen and oxygen atoms in total. The monoisotopic (exact) mass is 266 g/mol. The molecule has 90 valence electrons. The molecule has 17 heavy (non-hydrogen) atoms. The molecule has 0 atom stereocenters. The van der Waals surface area contributed by atoms with Crippen molar-refractivity contribution >= 4 is 33.7 Å². The first kappa shape index (κ1) is 11.0. The maximum absolute atomic E-state index is 5.90. The van der Waals surface area contributed by atoms with Gasteiger partial charge in [0.05, 0.1) is 11.2 Å². The van der Waals surface area contributed by atoms with Crippen molar-refractivity contribution in [3.05, 3.63) is 22.1 Å². The highest BCUT2D eigenvalue weighted by molar-refractivity contribution is 7.10. The van der Waals surface area contributed by atoms with E-state index in [0.29, 0.717) is 11.7 Å². The number of anilines is 2. The van der Waals surface area contributed by atoms with Crippen LogP contribution in [0, 0.1) is 0 Å². The van der Waals surface area contributed by atoms with Crippen LogP contribution in [-0.4, -0.2) is 15.9 Å². The van der Waals surface area contributed by atoms with E-state index >= 15 is 0 Å². The summed E-state index contributed by atoms with van der Waals surface area (Å²) in [5.74, 6) is 1.36. The van der Waals surface area contributed by atoms with Crippen molar-refractivity contribution in [2.45, 2.75) is 25.2 Å². The van der Waals surface area contributed by atoms with Crippen LogP contribution in [0.15, 0.2) is 10.9 Å². The Hall–Kier alpha value is -1.14. The minimum atomic E-state index is 0.649. The van der Waals surface area contributed by atoms with Gasteiger partial charge in [-0.2, -0.15) is 4.37 Å². The van der Waals surface area contributed by atoms with Crippen molar-refractivity contribution in [3.63, 3.8) is 0 Å². The predicted octanol–water partition coefficient (Wildman–Crippen LogP) is 2.71. The zero-order valence-corrected chi connectivity index (χ0v) is 11.0. The lowest BCUT2D eigenvalue weighted by Gasteiger charge is -2.05. The van der Waals surface area contributed by atoms with Crippen molar-refractivity contribution in [2.24, 2.45) is 0 Å². The van der Waals surface area contributed by atoms with Gasteiger partial charge in [0.25, 0.3) is 0 Å². The molecule has 0 radical (unpaired) electrons. The van der Waals surface area contributed by atoms with E-state index in [2.05, 4.69) is 20.1 Å². The maximum Gasteiger partial charge on any atom is 0.142 e. The molecular weight excluding hydrogens is 252 g/mol. The number of nitrogens with one attached hydrogen (secondary N) is 1. The van der Waals surface area contributed by atoms with E-state index < -0.39 is 0 Å². The van der Waals surface area contributed by atoms with E-state index in [9.17, 15) is 0 Å². The Morgan fingerprint density at radius 3 is 3.06 bits per heavy atom. The van der Waals surface area contributed by atoms with E-state index in [1.165, 1.54) is 29.9 Å². The van der Waals surface area contributed by atoms with Crippen molar-refractivity contribution in [1.82, 2.24) is 9.36 Å². The molecule has 0 amide bonds. The minimum absolute atomic E-state index is 0.649. The van der Waals surface area contributed by atoms with Gasteiger partial charge in [0.15, 0.2) is 0 Å². The molecule has 2 aromatic rings. The number of hydrogen-bond donors (Lipinski definition) is 2. The Morgan fingerprint density at radius 2 is 2.35 bits per heavy atom. The molecule has 1 fully saturated rings. The van der Waals surface area contributed by atoms with Gasteiger partial charge in [0, 0.05) is 23.9 Å². The number of hydrogen-bond acceptors (Lipinski definition) is 6. The Morgan fingerprint density at radius 1 is 1.47 bits per heavy atom. The molecule has 0 spiro atoms. The maximum atomic E-state index is 5.90. The summed E-state index contributed by atoms with van der Waals surface area (Å²) >= 11 is 3.12. The lowest BCUT2D eigenvalue weighted by molar-refractivity contribution is 0.976. The first-order valence-corrected chi connectivity index (χ1v) is 7.42. The SMILES string of the molecule is Nc1nsc(NCCc2cscn2)c1C1CC1. The summed E-state index contributed by atoms with van der Waals surface area (Å²) in [6.45, 7) is 0.894. The Kier molecular flexibility index (Phi) is 2.98. The van der Waals surface area contributed by atoms with Crippen LogP contribution >= 0.6 is 22.9 Å². The second-order valence-corrected chi connectivity index (χ2v) is 5.73. The minimum Gasteiger partial charge on any atom is -0.383 e. The summed E-state index contributed by atoms with van der Waals surface area (Å²) in [7, 11) is 0. The molecule has 3 N–H and O–H groups in total.